The maximum atomic E-state index is 12.1. The minimum Gasteiger partial charge on any atom is -0.480 e. The first-order chi connectivity index (χ1) is 7.70. The lowest BCUT2D eigenvalue weighted by atomic mass is 10.1. The van der Waals surface area contributed by atoms with Gasteiger partial charge in [-0.25, -0.2) is 4.79 Å². The first-order valence-electron chi connectivity index (χ1n) is 5.85. The normalized spacial score (nSPS) is 30.4. The molecule has 0 aromatic heterocycles. The van der Waals surface area contributed by atoms with Gasteiger partial charge in [0.15, 0.2) is 0 Å². The van der Waals surface area contributed by atoms with Gasteiger partial charge in [-0.2, -0.15) is 0 Å². The Morgan fingerprint density at radius 3 is 2.62 bits per heavy atom. The van der Waals surface area contributed by atoms with Crippen LogP contribution in [0.5, 0.6) is 0 Å². The van der Waals surface area contributed by atoms with Crippen molar-refractivity contribution >= 4 is 11.9 Å². The van der Waals surface area contributed by atoms with Gasteiger partial charge in [-0.15, -0.1) is 0 Å². The van der Waals surface area contributed by atoms with Crippen molar-refractivity contribution in [2.75, 3.05) is 13.2 Å². The van der Waals surface area contributed by atoms with Crippen molar-refractivity contribution in [1.29, 1.82) is 0 Å². The van der Waals surface area contributed by atoms with E-state index in [0.717, 1.165) is 25.7 Å². The highest BCUT2D eigenvalue weighted by Crippen LogP contribution is 2.22. The summed E-state index contributed by atoms with van der Waals surface area (Å²) >= 11 is 0. The Labute approximate surface area is 94.4 Å². The quantitative estimate of drug-likeness (QED) is 0.751. The van der Waals surface area contributed by atoms with Crippen LogP contribution in [-0.4, -0.2) is 47.2 Å². The van der Waals surface area contributed by atoms with Crippen LogP contribution in [0.2, 0.25) is 0 Å². The molecule has 1 N–H and O–H groups in total. The van der Waals surface area contributed by atoms with Crippen molar-refractivity contribution in [2.45, 2.75) is 44.2 Å². The summed E-state index contributed by atoms with van der Waals surface area (Å²) in [6, 6.07) is -0.641. The van der Waals surface area contributed by atoms with E-state index in [2.05, 4.69) is 0 Å². The molecule has 0 bridgehead atoms. The highest BCUT2D eigenvalue weighted by Gasteiger charge is 2.37. The zero-order valence-electron chi connectivity index (χ0n) is 9.22. The third-order valence-corrected chi connectivity index (χ3v) is 3.28. The van der Waals surface area contributed by atoms with Crippen LogP contribution in [-0.2, 0) is 14.3 Å². The smallest absolute Gasteiger partial charge is 0.326 e. The van der Waals surface area contributed by atoms with Crippen LogP contribution in [0.3, 0.4) is 0 Å². The van der Waals surface area contributed by atoms with Crippen LogP contribution in [0, 0.1) is 0 Å². The molecule has 1 unspecified atom stereocenters. The van der Waals surface area contributed by atoms with E-state index in [9.17, 15) is 9.59 Å². The SMILES string of the molecule is O=C(O)[C@@H]1CCCN1C(=O)C1CCCCO1. The average molecular weight is 227 g/mol. The summed E-state index contributed by atoms with van der Waals surface area (Å²) in [5.74, 6) is -1.04. The molecule has 2 fully saturated rings. The highest BCUT2D eigenvalue weighted by atomic mass is 16.5. The molecule has 90 valence electrons. The lowest BCUT2D eigenvalue weighted by Crippen LogP contribution is -2.47. The van der Waals surface area contributed by atoms with Crippen molar-refractivity contribution in [1.82, 2.24) is 4.90 Å². The summed E-state index contributed by atoms with van der Waals surface area (Å²) in [6.45, 7) is 1.16. The Hall–Kier alpha value is -1.10. The number of carbonyl (C=O) groups excluding carboxylic acids is 1. The molecule has 1 amide bonds. The first-order valence-corrected chi connectivity index (χ1v) is 5.85. The van der Waals surface area contributed by atoms with Crippen LogP contribution in [0.4, 0.5) is 0 Å². The molecule has 16 heavy (non-hydrogen) atoms. The number of likely N-dealkylation sites (tertiary alicyclic amines) is 1. The summed E-state index contributed by atoms with van der Waals surface area (Å²) in [6.07, 6.45) is 3.63. The molecular weight excluding hydrogens is 210 g/mol. The molecule has 0 spiro atoms. The topological polar surface area (TPSA) is 66.8 Å². The Morgan fingerprint density at radius 2 is 2.00 bits per heavy atom. The van der Waals surface area contributed by atoms with Crippen molar-refractivity contribution < 1.29 is 19.4 Å². The lowest BCUT2D eigenvalue weighted by Gasteiger charge is -2.28. The number of rotatable bonds is 2. The van der Waals surface area contributed by atoms with E-state index in [1.165, 1.54) is 4.90 Å². The third-order valence-electron chi connectivity index (χ3n) is 3.28. The van der Waals surface area contributed by atoms with Gasteiger partial charge < -0.3 is 14.7 Å². The second kappa shape index (κ2) is 4.82. The van der Waals surface area contributed by atoms with E-state index in [-0.39, 0.29) is 5.91 Å². The number of aliphatic carboxylic acids is 1. The molecule has 0 aromatic carbocycles. The van der Waals surface area contributed by atoms with Gasteiger partial charge in [-0.3, -0.25) is 4.79 Å². The van der Waals surface area contributed by atoms with Crippen LogP contribution >= 0.6 is 0 Å². The van der Waals surface area contributed by atoms with E-state index in [4.69, 9.17) is 9.84 Å². The maximum absolute atomic E-state index is 12.1. The van der Waals surface area contributed by atoms with Gasteiger partial charge in [-0.1, -0.05) is 0 Å². The zero-order chi connectivity index (χ0) is 11.5. The van der Waals surface area contributed by atoms with E-state index in [0.29, 0.717) is 19.6 Å². The molecule has 5 heteroatoms. The number of ether oxygens (including phenoxy) is 1. The first kappa shape index (κ1) is 11.4. The van der Waals surface area contributed by atoms with Gasteiger partial charge in [0.05, 0.1) is 0 Å². The maximum Gasteiger partial charge on any atom is 0.326 e. The highest BCUT2D eigenvalue weighted by molar-refractivity contribution is 5.87. The molecular formula is C11H17NO4. The number of carboxylic acids is 1. The molecule has 5 nitrogen and oxygen atoms in total. The fourth-order valence-electron chi connectivity index (χ4n) is 2.41. The molecule has 0 radical (unpaired) electrons. The van der Waals surface area contributed by atoms with E-state index >= 15 is 0 Å². The molecule has 0 saturated carbocycles. The van der Waals surface area contributed by atoms with Gasteiger partial charge in [0, 0.05) is 13.2 Å². The lowest BCUT2D eigenvalue weighted by molar-refractivity contribution is -0.155. The molecule has 2 heterocycles. The third kappa shape index (κ3) is 2.19. The van der Waals surface area contributed by atoms with E-state index in [1.54, 1.807) is 0 Å². The second-order valence-corrected chi connectivity index (χ2v) is 4.38. The number of hydrogen-bond acceptors (Lipinski definition) is 3. The summed E-state index contributed by atoms with van der Waals surface area (Å²) in [5.41, 5.74) is 0. The Balaban J connectivity index is 1.99. The van der Waals surface area contributed by atoms with Gasteiger partial charge in [0.1, 0.15) is 12.1 Å². The molecule has 2 aliphatic heterocycles. The summed E-state index contributed by atoms with van der Waals surface area (Å²) in [5, 5.41) is 9.00. The number of carboxylic acid groups (broad SMARTS) is 1. The zero-order valence-corrected chi connectivity index (χ0v) is 9.22. The van der Waals surface area contributed by atoms with Crippen LogP contribution in [0.15, 0.2) is 0 Å². The summed E-state index contributed by atoms with van der Waals surface area (Å²) < 4.78 is 5.40. The van der Waals surface area contributed by atoms with Crippen molar-refractivity contribution in [3.63, 3.8) is 0 Å². The van der Waals surface area contributed by atoms with Crippen molar-refractivity contribution in [3.05, 3.63) is 0 Å². The van der Waals surface area contributed by atoms with Crippen LogP contribution in [0.25, 0.3) is 0 Å². The fraction of sp³-hybridized carbons (Fsp3) is 0.818. The number of carbonyl (C=O) groups is 2. The minimum atomic E-state index is -0.901. The predicted octanol–water partition coefficient (Wildman–Crippen LogP) is 0.631. The van der Waals surface area contributed by atoms with Gasteiger partial charge >= 0.3 is 5.97 Å². The summed E-state index contributed by atoms with van der Waals surface area (Å²) in [7, 11) is 0. The average Bonchev–Trinajstić information content (AvgIpc) is 2.78. The molecule has 0 aliphatic carbocycles. The van der Waals surface area contributed by atoms with Crippen molar-refractivity contribution in [3.8, 4) is 0 Å². The summed E-state index contributed by atoms with van der Waals surface area (Å²) in [4.78, 5) is 24.5. The predicted molar refractivity (Wildman–Crippen MR) is 56.0 cm³/mol. The van der Waals surface area contributed by atoms with Crippen LogP contribution < -0.4 is 0 Å². The van der Waals surface area contributed by atoms with Gasteiger partial charge in [0.2, 0.25) is 0 Å². The van der Waals surface area contributed by atoms with E-state index in [1.807, 2.05) is 0 Å². The Kier molecular flexibility index (Phi) is 3.43. The number of nitrogens with zero attached hydrogens (tertiary/aromatic N) is 1. The number of amides is 1. The van der Waals surface area contributed by atoms with Crippen LogP contribution in [0.1, 0.15) is 32.1 Å². The number of hydrogen-bond donors (Lipinski definition) is 1. The van der Waals surface area contributed by atoms with E-state index < -0.39 is 18.1 Å². The Bertz CT molecular complexity index is 286. The molecule has 2 atom stereocenters. The standard InChI is InChI=1S/C11H17NO4/c13-10(9-5-1-2-7-16-9)12-6-3-4-8(12)11(14)15/h8-9H,1-7H2,(H,14,15)/t8-,9?/m0/s1. The fourth-order valence-corrected chi connectivity index (χ4v) is 2.41. The second-order valence-electron chi connectivity index (χ2n) is 4.38. The molecule has 0 aromatic rings. The molecule has 2 aliphatic rings. The Morgan fingerprint density at radius 1 is 1.19 bits per heavy atom. The van der Waals surface area contributed by atoms with Crippen molar-refractivity contribution in [2.24, 2.45) is 0 Å². The largest absolute Gasteiger partial charge is 0.480 e. The minimum absolute atomic E-state index is 0.135. The molecule has 2 saturated heterocycles. The van der Waals surface area contributed by atoms with Gasteiger partial charge in [-0.05, 0) is 32.1 Å². The van der Waals surface area contributed by atoms with Gasteiger partial charge in [0.25, 0.3) is 5.91 Å². The monoisotopic (exact) mass is 227 g/mol. The molecule has 2 rings (SSSR count).